The monoisotopic (exact) mass is 544 g/mol. The lowest BCUT2D eigenvalue weighted by atomic mass is 9.97. The molecule has 1 aliphatic rings. The van der Waals surface area contributed by atoms with Gasteiger partial charge in [0.1, 0.15) is 12.2 Å². The van der Waals surface area contributed by atoms with Gasteiger partial charge in [-0.3, -0.25) is 19.3 Å². The Hall–Kier alpha value is -4.24. The predicted octanol–water partition coefficient (Wildman–Crippen LogP) is 6.09. The number of thiazole rings is 1. The highest BCUT2D eigenvalue weighted by Crippen LogP contribution is 2.45. The van der Waals surface area contributed by atoms with E-state index in [0.29, 0.717) is 50.3 Å². The maximum absolute atomic E-state index is 14.0. The number of carbonyl (C=O) groups is 2. The first-order valence-electron chi connectivity index (χ1n) is 12.6. The minimum atomic E-state index is -0.854. The van der Waals surface area contributed by atoms with E-state index in [1.807, 2.05) is 20.8 Å². The van der Waals surface area contributed by atoms with Gasteiger partial charge >= 0.3 is 0 Å². The molecule has 2 aromatic heterocycles. The maximum Gasteiger partial charge on any atom is 0.297 e. The summed E-state index contributed by atoms with van der Waals surface area (Å²) in [5.74, 6) is 0.292. The van der Waals surface area contributed by atoms with Crippen molar-refractivity contribution in [3.8, 4) is 11.5 Å². The minimum Gasteiger partial charge on any atom is -0.490 e. The molecule has 0 radical (unpaired) electrons. The van der Waals surface area contributed by atoms with E-state index in [1.165, 1.54) is 11.8 Å². The molecule has 8 nitrogen and oxygen atoms in total. The highest BCUT2D eigenvalue weighted by atomic mass is 32.1. The Kier molecular flexibility index (Phi) is 6.86. The van der Waals surface area contributed by atoms with Gasteiger partial charge in [0.05, 0.1) is 34.2 Å². The third kappa shape index (κ3) is 4.42. The van der Waals surface area contributed by atoms with Gasteiger partial charge in [-0.1, -0.05) is 30.1 Å². The Labute approximate surface area is 229 Å². The number of benzene rings is 2. The van der Waals surface area contributed by atoms with Crippen LogP contribution in [0.15, 0.2) is 52.2 Å². The largest absolute Gasteiger partial charge is 0.490 e. The van der Waals surface area contributed by atoms with Gasteiger partial charge in [0, 0.05) is 6.92 Å². The number of Topliss-reactive ketones (excluding diaryl/α,β-unsaturated/α-hetero) is 1. The molecule has 0 bridgehead atoms. The number of rotatable bonds is 8. The van der Waals surface area contributed by atoms with E-state index in [9.17, 15) is 14.4 Å². The van der Waals surface area contributed by atoms with Crippen molar-refractivity contribution in [1.82, 2.24) is 4.98 Å². The second kappa shape index (κ2) is 10.1. The second-order valence-corrected chi connectivity index (χ2v) is 10.4. The zero-order chi connectivity index (χ0) is 28.0. The van der Waals surface area contributed by atoms with E-state index in [4.69, 9.17) is 13.9 Å². The van der Waals surface area contributed by atoms with Crippen LogP contribution < -0.4 is 19.8 Å². The van der Waals surface area contributed by atoms with E-state index in [0.717, 1.165) is 22.5 Å². The molecule has 2 aromatic carbocycles. The molecule has 0 saturated carbocycles. The number of fused-ring (bicyclic) bond motifs is 2. The molecule has 5 rings (SSSR count). The van der Waals surface area contributed by atoms with Gasteiger partial charge in [-0.25, -0.2) is 4.98 Å². The Morgan fingerprint density at radius 2 is 1.87 bits per heavy atom. The quantitative estimate of drug-likeness (QED) is 0.195. The van der Waals surface area contributed by atoms with Gasteiger partial charge < -0.3 is 13.9 Å². The van der Waals surface area contributed by atoms with Crippen LogP contribution >= 0.6 is 11.3 Å². The Morgan fingerprint density at radius 1 is 1.13 bits per heavy atom. The SMILES string of the molecule is C=CCOc1ccc(C2c3c(oc4cc(C)c(C)cc4c3=O)C(=O)N2c2nc(C)c(C(C)=O)s2)cc1OCC. The van der Waals surface area contributed by atoms with Crippen molar-refractivity contribution in [2.75, 3.05) is 18.1 Å². The molecule has 1 atom stereocenters. The summed E-state index contributed by atoms with van der Waals surface area (Å²) in [5, 5.41) is 0.701. The highest BCUT2D eigenvalue weighted by Gasteiger charge is 2.45. The molecule has 200 valence electrons. The van der Waals surface area contributed by atoms with Crippen LogP contribution in [0.1, 0.15) is 68.1 Å². The number of carbonyl (C=O) groups excluding carboxylic acids is 2. The van der Waals surface area contributed by atoms with E-state index < -0.39 is 11.9 Å². The zero-order valence-electron chi connectivity index (χ0n) is 22.4. The van der Waals surface area contributed by atoms with Crippen molar-refractivity contribution in [2.45, 2.75) is 40.7 Å². The number of hydrogen-bond donors (Lipinski definition) is 0. The molecule has 1 amide bonds. The molecule has 1 aliphatic heterocycles. The van der Waals surface area contributed by atoms with Crippen molar-refractivity contribution in [3.63, 3.8) is 0 Å². The van der Waals surface area contributed by atoms with Gasteiger partial charge in [-0.2, -0.15) is 0 Å². The van der Waals surface area contributed by atoms with Crippen molar-refractivity contribution in [1.29, 1.82) is 0 Å². The first kappa shape index (κ1) is 26.4. The van der Waals surface area contributed by atoms with E-state index in [2.05, 4.69) is 11.6 Å². The molecule has 4 aromatic rings. The first-order chi connectivity index (χ1) is 18.7. The van der Waals surface area contributed by atoms with Crippen molar-refractivity contribution >= 4 is 39.1 Å². The van der Waals surface area contributed by atoms with Gasteiger partial charge in [0.25, 0.3) is 5.91 Å². The lowest BCUT2D eigenvalue weighted by Gasteiger charge is -2.23. The fraction of sp³-hybridized carbons (Fsp3) is 0.267. The number of aromatic nitrogens is 1. The topological polar surface area (TPSA) is 98.9 Å². The highest BCUT2D eigenvalue weighted by molar-refractivity contribution is 7.17. The standard InChI is InChI=1S/C30H28N2O6S/c1-7-11-37-21-10-9-19(14-23(21)36-8-2)25-24-26(34)20-12-15(3)16(4)13-22(20)38-27(24)29(35)32(25)30-31-17(5)28(39-30)18(6)33/h7,9-10,12-14,25H,1,8,11H2,2-6H3. The summed E-state index contributed by atoms with van der Waals surface area (Å²) in [5.41, 5.74) is 3.29. The summed E-state index contributed by atoms with van der Waals surface area (Å²) in [6, 6.07) is 8.01. The lowest BCUT2D eigenvalue weighted by Crippen LogP contribution is -2.29. The number of anilines is 1. The first-order valence-corrected chi connectivity index (χ1v) is 13.4. The normalized spacial score (nSPS) is 14.5. The average molecular weight is 545 g/mol. The van der Waals surface area contributed by atoms with Crippen molar-refractivity contribution < 1.29 is 23.5 Å². The molecule has 39 heavy (non-hydrogen) atoms. The number of hydrogen-bond acceptors (Lipinski definition) is 8. The molecule has 0 aliphatic carbocycles. The maximum atomic E-state index is 14.0. The van der Waals surface area contributed by atoms with Crippen LogP contribution in [-0.4, -0.2) is 29.9 Å². The van der Waals surface area contributed by atoms with Crippen LogP contribution in [0.5, 0.6) is 11.5 Å². The fourth-order valence-corrected chi connectivity index (χ4v) is 5.77. The molecule has 9 heteroatoms. The summed E-state index contributed by atoms with van der Waals surface area (Å²) < 4.78 is 17.7. The molecule has 0 spiro atoms. The predicted molar refractivity (Wildman–Crippen MR) is 151 cm³/mol. The van der Waals surface area contributed by atoms with E-state index >= 15 is 0 Å². The van der Waals surface area contributed by atoms with Crippen LogP contribution in [0.25, 0.3) is 11.0 Å². The Bertz CT molecular complexity index is 1720. The third-order valence-corrected chi connectivity index (χ3v) is 8.00. The molecular formula is C30H28N2O6S. The van der Waals surface area contributed by atoms with Crippen LogP contribution in [0, 0.1) is 20.8 Å². The number of nitrogens with zero attached hydrogens (tertiary/aromatic N) is 2. The number of ketones is 1. The minimum absolute atomic E-state index is 0.0390. The summed E-state index contributed by atoms with van der Waals surface area (Å²) in [6.07, 6.45) is 1.63. The number of aryl methyl sites for hydroxylation is 3. The van der Waals surface area contributed by atoms with E-state index in [1.54, 1.807) is 43.3 Å². The molecule has 0 saturated heterocycles. The van der Waals surface area contributed by atoms with Crippen molar-refractivity contribution in [3.05, 3.63) is 91.8 Å². The van der Waals surface area contributed by atoms with Crippen LogP contribution in [0.2, 0.25) is 0 Å². The van der Waals surface area contributed by atoms with Crippen molar-refractivity contribution in [2.24, 2.45) is 0 Å². The second-order valence-electron chi connectivity index (χ2n) is 9.39. The number of ether oxygens (including phenoxy) is 2. The van der Waals surface area contributed by atoms with Gasteiger partial charge in [-0.15, -0.1) is 0 Å². The van der Waals surface area contributed by atoms with Gasteiger partial charge in [0.2, 0.25) is 5.76 Å². The molecular weight excluding hydrogens is 516 g/mol. The van der Waals surface area contributed by atoms with E-state index in [-0.39, 0.29) is 29.1 Å². The molecule has 3 heterocycles. The fourth-order valence-electron chi connectivity index (χ4n) is 4.78. The van der Waals surface area contributed by atoms with Gasteiger partial charge in [0.15, 0.2) is 27.8 Å². The molecule has 1 unspecified atom stereocenters. The number of amides is 1. The molecule has 0 fully saturated rings. The lowest BCUT2D eigenvalue weighted by molar-refractivity contribution is 0.0969. The molecule has 0 N–H and O–H groups in total. The van der Waals surface area contributed by atoms with Crippen LogP contribution in [-0.2, 0) is 0 Å². The summed E-state index contributed by atoms with van der Waals surface area (Å²) in [7, 11) is 0. The third-order valence-electron chi connectivity index (χ3n) is 6.74. The van der Waals surface area contributed by atoms with Gasteiger partial charge in [-0.05, 0) is 68.7 Å². The summed E-state index contributed by atoms with van der Waals surface area (Å²) in [4.78, 5) is 46.6. The van der Waals surface area contributed by atoms with Crippen LogP contribution in [0.3, 0.4) is 0 Å². The summed E-state index contributed by atoms with van der Waals surface area (Å²) in [6.45, 7) is 13.3. The Morgan fingerprint density at radius 3 is 2.54 bits per heavy atom. The smallest absolute Gasteiger partial charge is 0.297 e. The Balaban J connectivity index is 1.78. The zero-order valence-corrected chi connectivity index (χ0v) is 23.2. The summed E-state index contributed by atoms with van der Waals surface area (Å²) >= 11 is 1.12. The van der Waals surface area contributed by atoms with Crippen LogP contribution in [0.4, 0.5) is 5.13 Å². The average Bonchev–Trinajstić information content (AvgIpc) is 3.42.